The smallest absolute Gasteiger partial charge is 0.167 e. The van der Waals surface area contributed by atoms with Crippen molar-refractivity contribution >= 4 is 0 Å². The highest BCUT2D eigenvalue weighted by atomic mass is 16.5. The van der Waals surface area contributed by atoms with E-state index in [0.29, 0.717) is 17.1 Å². The molecule has 1 heterocycles. The van der Waals surface area contributed by atoms with Crippen molar-refractivity contribution in [2.75, 3.05) is 14.2 Å². The molecule has 2 rings (SSSR count). The summed E-state index contributed by atoms with van der Waals surface area (Å²) in [4.78, 5) is 4.40. The summed E-state index contributed by atoms with van der Waals surface area (Å²) in [5.41, 5.74) is 2.28. The van der Waals surface area contributed by atoms with E-state index in [-0.39, 0.29) is 13.2 Å². The lowest BCUT2D eigenvalue weighted by molar-refractivity contribution is 0.247. The number of pyridine rings is 1. The number of aliphatic hydroxyl groups is 1. The summed E-state index contributed by atoms with van der Waals surface area (Å²) in [5.74, 6) is 1.86. The van der Waals surface area contributed by atoms with Crippen molar-refractivity contribution in [1.29, 1.82) is 0 Å². The van der Waals surface area contributed by atoms with Gasteiger partial charge in [-0.25, -0.2) is 0 Å². The first-order valence-corrected chi connectivity index (χ1v) is 6.59. The van der Waals surface area contributed by atoms with Crippen molar-refractivity contribution in [3.8, 4) is 17.2 Å². The fourth-order valence-corrected chi connectivity index (χ4v) is 2.05. The molecule has 1 aromatic carbocycles. The van der Waals surface area contributed by atoms with Gasteiger partial charge in [-0.1, -0.05) is 12.1 Å². The summed E-state index contributed by atoms with van der Waals surface area (Å²) in [5, 5.41) is 9.39. The Hall–Kier alpha value is -2.27. The van der Waals surface area contributed by atoms with Crippen molar-refractivity contribution in [2.24, 2.45) is 0 Å². The predicted molar refractivity (Wildman–Crippen MR) is 78.8 cm³/mol. The van der Waals surface area contributed by atoms with Crippen LogP contribution < -0.4 is 14.2 Å². The van der Waals surface area contributed by atoms with Crippen LogP contribution in [0.15, 0.2) is 30.3 Å². The highest BCUT2D eigenvalue weighted by molar-refractivity contribution is 5.46. The molecule has 0 unspecified atom stereocenters. The number of benzene rings is 1. The van der Waals surface area contributed by atoms with Crippen molar-refractivity contribution in [2.45, 2.75) is 20.1 Å². The Labute approximate surface area is 124 Å². The number of hydrogen-bond acceptors (Lipinski definition) is 5. The fraction of sp³-hybridized carbons (Fsp3) is 0.312. The van der Waals surface area contributed by atoms with E-state index in [0.717, 1.165) is 17.1 Å². The van der Waals surface area contributed by atoms with E-state index in [9.17, 15) is 5.11 Å². The number of aromatic nitrogens is 1. The zero-order chi connectivity index (χ0) is 15.2. The molecule has 0 fully saturated rings. The normalized spacial score (nSPS) is 10.3. The molecule has 2 aromatic rings. The Kier molecular flexibility index (Phi) is 5.00. The lowest BCUT2D eigenvalue weighted by Gasteiger charge is -2.14. The van der Waals surface area contributed by atoms with E-state index < -0.39 is 0 Å². The topological polar surface area (TPSA) is 60.8 Å². The van der Waals surface area contributed by atoms with Crippen LogP contribution in [0.4, 0.5) is 0 Å². The highest BCUT2D eigenvalue weighted by Crippen LogP contribution is 2.31. The SMILES string of the molecule is COc1cc(C)nc(COc2c(CO)cccc2OC)c1. The summed E-state index contributed by atoms with van der Waals surface area (Å²) in [6.45, 7) is 2.05. The first kappa shape index (κ1) is 15.1. The molecule has 0 aliphatic heterocycles. The third-order valence-corrected chi connectivity index (χ3v) is 3.03. The first-order chi connectivity index (χ1) is 10.2. The average Bonchev–Trinajstić information content (AvgIpc) is 2.51. The number of aliphatic hydroxyl groups excluding tert-OH is 1. The third kappa shape index (κ3) is 3.64. The molecule has 1 N–H and O–H groups in total. The van der Waals surface area contributed by atoms with Crippen molar-refractivity contribution < 1.29 is 19.3 Å². The van der Waals surface area contributed by atoms with Gasteiger partial charge >= 0.3 is 0 Å². The van der Waals surface area contributed by atoms with Gasteiger partial charge in [-0.15, -0.1) is 0 Å². The molecule has 0 radical (unpaired) electrons. The minimum absolute atomic E-state index is 0.114. The molecule has 1 aromatic heterocycles. The summed E-state index contributed by atoms with van der Waals surface area (Å²) < 4.78 is 16.3. The molecule has 0 spiro atoms. The third-order valence-electron chi connectivity index (χ3n) is 3.03. The second kappa shape index (κ2) is 6.95. The molecule has 0 aliphatic carbocycles. The number of nitrogens with zero attached hydrogens (tertiary/aromatic N) is 1. The van der Waals surface area contributed by atoms with Crippen LogP contribution in [-0.4, -0.2) is 24.3 Å². The van der Waals surface area contributed by atoms with Crippen LogP contribution >= 0.6 is 0 Å². The monoisotopic (exact) mass is 289 g/mol. The number of ether oxygens (including phenoxy) is 3. The molecule has 0 bridgehead atoms. The summed E-state index contributed by atoms with van der Waals surface area (Å²) in [6.07, 6.45) is 0. The number of methoxy groups -OCH3 is 2. The van der Waals surface area contributed by atoms with Gasteiger partial charge in [0.2, 0.25) is 0 Å². The quantitative estimate of drug-likeness (QED) is 0.885. The van der Waals surface area contributed by atoms with Gasteiger partial charge in [0.05, 0.1) is 26.5 Å². The Morgan fingerprint density at radius 3 is 2.62 bits per heavy atom. The van der Waals surface area contributed by atoms with Crippen LogP contribution in [0.2, 0.25) is 0 Å². The fourth-order valence-electron chi connectivity index (χ4n) is 2.05. The molecule has 112 valence electrons. The van der Waals surface area contributed by atoms with Crippen LogP contribution in [0.5, 0.6) is 17.2 Å². The maximum absolute atomic E-state index is 9.39. The predicted octanol–water partition coefficient (Wildman–Crippen LogP) is 2.48. The molecular formula is C16H19NO4. The average molecular weight is 289 g/mol. The minimum Gasteiger partial charge on any atom is -0.497 e. The first-order valence-electron chi connectivity index (χ1n) is 6.59. The lowest BCUT2D eigenvalue weighted by Crippen LogP contribution is -2.04. The Morgan fingerprint density at radius 1 is 1.14 bits per heavy atom. The summed E-state index contributed by atoms with van der Waals surface area (Å²) in [6, 6.07) is 9.07. The number of rotatable bonds is 6. The Bertz CT molecular complexity index is 591. The van der Waals surface area contributed by atoms with Gasteiger partial charge in [0, 0.05) is 23.4 Å². The molecule has 5 nitrogen and oxygen atoms in total. The maximum Gasteiger partial charge on any atom is 0.167 e. The standard InChI is InChI=1S/C16H19NO4/c1-11-7-14(19-2)8-13(17-11)10-21-16-12(9-18)5-4-6-15(16)20-3/h4-8,18H,9-10H2,1-3H3. The van der Waals surface area contributed by atoms with Gasteiger partial charge in [0.15, 0.2) is 11.5 Å². The van der Waals surface area contributed by atoms with Crippen molar-refractivity contribution in [1.82, 2.24) is 4.98 Å². The van der Waals surface area contributed by atoms with E-state index in [1.165, 1.54) is 0 Å². The highest BCUT2D eigenvalue weighted by Gasteiger charge is 2.11. The van der Waals surface area contributed by atoms with Crippen LogP contribution in [0.1, 0.15) is 17.0 Å². The largest absolute Gasteiger partial charge is 0.497 e. The molecule has 0 atom stereocenters. The zero-order valence-corrected chi connectivity index (χ0v) is 12.4. The van der Waals surface area contributed by atoms with Gasteiger partial charge in [0.25, 0.3) is 0 Å². The van der Waals surface area contributed by atoms with E-state index in [4.69, 9.17) is 14.2 Å². The summed E-state index contributed by atoms with van der Waals surface area (Å²) >= 11 is 0. The molecule has 0 saturated carbocycles. The molecular weight excluding hydrogens is 270 g/mol. The Balaban J connectivity index is 2.22. The van der Waals surface area contributed by atoms with E-state index in [2.05, 4.69) is 4.98 Å². The van der Waals surface area contributed by atoms with Gasteiger partial charge in [-0.3, -0.25) is 4.98 Å². The Morgan fingerprint density at radius 2 is 1.95 bits per heavy atom. The molecule has 21 heavy (non-hydrogen) atoms. The number of para-hydroxylation sites is 1. The van der Waals surface area contributed by atoms with E-state index in [1.807, 2.05) is 25.1 Å². The van der Waals surface area contributed by atoms with Gasteiger partial charge in [-0.05, 0) is 13.0 Å². The van der Waals surface area contributed by atoms with Crippen LogP contribution in [0.3, 0.4) is 0 Å². The van der Waals surface area contributed by atoms with Crippen LogP contribution in [0.25, 0.3) is 0 Å². The van der Waals surface area contributed by atoms with Crippen molar-refractivity contribution in [3.63, 3.8) is 0 Å². The zero-order valence-electron chi connectivity index (χ0n) is 12.4. The maximum atomic E-state index is 9.39. The lowest BCUT2D eigenvalue weighted by atomic mass is 10.2. The van der Waals surface area contributed by atoms with Gasteiger partial charge in [-0.2, -0.15) is 0 Å². The number of aryl methyl sites for hydroxylation is 1. The second-order valence-corrected chi connectivity index (χ2v) is 4.54. The van der Waals surface area contributed by atoms with E-state index >= 15 is 0 Å². The molecule has 0 amide bonds. The second-order valence-electron chi connectivity index (χ2n) is 4.54. The van der Waals surface area contributed by atoms with Crippen LogP contribution in [-0.2, 0) is 13.2 Å². The number of hydrogen-bond donors (Lipinski definition) is 1. The van der Waals surface area contributed by atoms with Gasteiger partial charge < -0.3 is 19.3 Å². The molecule has 5 heteroatoms. The van der Waals surface area contributed by atoms with Gasteiger partial charge in [0.1, 0.15) is 12.4 Å². The summed E-state index contributed by atoms with van der Waals surface area (Å²) in [7, 11) is 3.18. The minimum atomic E-state index is -0.114. The molecule has 0 saturated heterocycles. The van der Waals surface area contributed by atoms with Crippen molar-refractivity contribution in [3.05, 3.63) is 47.3 Å². The van der Waals surface area contributed by atoms with Crippen LogP contribution in [0, 0.1) is 6.92 Å². The molecule has 0 aliphatic rings. The van der Waals surface area contributed by atoms with E-state index in [1.54, 1.807) is 26.4 Å².